The molecule has 1 aliphatic rings. The second-order valence-electron chi connectivity index (χ2n) is 8.09. The lowest BCUT2D eigenvalue weighted by Crippen LogP contribution is -2.42. The van der Waals surface area contributed by atoms with E-state index < -0.39 is 11.4 Å². The molecule has 8 nitrogen and oxygen atoms in total. The third kappa shape index (κ3) is 5.02. The Bertz CT molecular complexity index is 1300. The van der Waals surface area contributed by atoms with E-state index in [2.05, 4.69) is 20.6 Å². The molecule has 180 valence electrons. The summed E-state index contributed by atoms with van der Waals surface area (Å²) in [7, 11) is 0. The van der Waals surface area contributed by atoms with Crippen LogP contribution in [0, 0.1) is 5.82 Å². The fraction of sp³-hybridized carbons (Fsp3) is 0.348. The average molecular weight is 508 g/mol. The Morgan fingerprint density at radius 3 is 2.88 bits per heavy atom. The Kier molecular flexibility index (Phi) is 7.37. The maximum atomic E-state index is 14.7. The molecule has 2 heterocycles. The fourth-order valence-corrected chi connectivity index (χ4v) is 4.92. The molecule has 0 radical (unpaired) electrons. The van der Waals surface area contributed by atoms with Crippen LogP contribution in [0.4, 0.5) is 10.1 Å². The van der Waals surface area contributed by atoms with Gasteiger partial charge in [-0.1, -0.05) is 23.2 Å². The first-order chi connectivity index (χ1) is 16.3. The van der Waals surface area contributed by atoms with Crippen LogP contribution in [0.5, 0.6) is 0 Å². The number of aliphatic hydroxyl groups excluding tert-OH is 1. The number of amides is 1. The van der Waals surface area contributed by atoms with Crippen molar-refractivity contribution >= 4 is 45.7 Å². The van der Waals surface area contributed by atoms with E-state index in [0.717, 1.165) is 17.2 Å². The second kappa shape index (κ2) is 10.3. The van der Waals surface area contributed by atoms with Crippen LogP contribution < -0.4 is 16.2 Å². The Labute approximate surface area is 205 Å². The summed E-state index contributed by atoms with van der Waals surface area (Å²) in [5.74, 6) is -0.512. The van der Waals surface area contributed by atoms with Gasteiger partial charge >= 0.3 is 0 Å². The van der Waals surface area contributed by atoms with Gasteiger partial charge in [0.15, 0.2) is 0 Å². The lowest BCUT2D eigenvalue weighted by Gasteiger charge is -2.36. The van der Waals surface area contributed by atoms with Crippen LogP contribution in [-0.4, -0.2) is 52.1 Å². The fourth-order valence-electron chi connectivity index (χ4n) is 4.23. The molecule has 2 aromatic carbocycles. The molecule has 4 rings (SSSR count). The van der Waals surface area contributed by atoms with Gasteiger partial charge in [0.1, 0.15) is 11.6 Å². The number of nitrogens with zero attached hydrogens (tertiary/aromatic N) is 2. The van der Waals surface area contributed by atoms with Crippen molar-refractivity contribution in [3.63, 3.8) is 0 Å². The predicted molar refractivity (Wildman–Crippen MR) is 130 cm³/mol. The molecule has 1 aromatic heterocycles. The van der Waals surface area contributed by atoms with E-state index in [4.69, 9.17) is 28.3 Å². The minimum Gasteiger partial charge on any atom is -0.395 e. The summed E-state index contributed by atoms with van der Waals surface area (Å²) in [5.41, 5.74) is 1.79. The summed E-state index contributed by atoms with van der Waals surface area (Å²) in [6, 6.07) is 5.79. The zero-order valence-electron chi connectivity index (χ0n) is 18.4. The lowest BCUT2D eigenvalue weighted by molar-refractivity contribution is -0.131. The van der Waals surface area contributed by atoms with Crippen molar-refractivity contribution < 1.29 is 14.3 Å². The van der Waals surface area contributed by atoms with Gasteiger partial charge in [0.25, 0.3) is 5.56 Å². The summed E-state index contributed by atoms with van der Waals surface area (Å²) in [6.45, 7) is 2.79. The largest absolute Gasteiger partial charge is 0.395 e. The number of aliphatic hydroxyl groups is 1. The first-order valence-electron chi connectivity index (χ1n) is 10.8. The normalized spacial score (nSPS) is 15.4. The highest BCUT2D eigenvalue weighted by Crippen LogP contribution is 2.37. The third-order valence-corrected chi connectivity index (χ3v) is 6.39. The number of fused-ring (bicyclic) bond motifs is 2. The highest BCUT2D eigenvalue weighted by Gasteiger charge is 2.29. The number of carbonyl (C=O) groups is 1. The monoisotopic (exact) mass is 507 g/mol. The van der Waals surface area contributed by atoms with Gasteiger partial charge in [-0.3, -0.25) is 9.59 Å². The van der Waals surface area contributed by atoms with Gasteiger partial charge in [-0.05, 0) is 48.7 Å². The van der Waals surface area contributed by atoms with E-state index >= 15 is 0 Å². The van der Waals surface area contributed by atoms with Gasteiger partial charge in [0.2, 0.25) is 5.91 Å². The van der Waals surface area contributed by atoms with Crippen molar-refractivity contribution in [2.24, 2.45) is 0 Å². The number of benzene rings is 2. The van der Waals surface area contributed by atoms with Crippen LogP contribution in [0.2, 0.25) is 10.0 Å². The van der Waals surface area contributed by atoms with Crippen LogP contribution in [0.3, 0.4) is 0 Å². The van der Waals surface area contributed by atoms with Crippen LogP contribution in [0.25, 0.3) is 10.9 Å². The number of anilines is 1. The molecule has 34 heavy (non-hydrogen) atoms. The molecule has 3 aromatic rings. The first kappa shape index (κ1) is 24.4. The van der Waals surface area contributed by atoms with E-state index in [1.54, 1.807) is 11.0 Å². The SMILES string of the molecule is CC1c2c(Cl)cc(Cl)cc2CCN1C(=O)CNc1cc2nc(CNCCO)[nH]c(=O)c2cc1F. The molecule has 1 atom stereocenters. The van der Waals surface area contributed by atoms with E-state index in [9.17, 15) is 14.0 Å². The van der Waals surface area contributed by atoms with E-state index in [1.807, 2.05) is 13.0 Å². The molecule has 0 bridgehead atoms. The molecule has 11 heteroatoms. The van der Waals surface area contributed by atoms with Crippen LogP contribution in [0.15, 0.2) is 29.1 Å². The molecule has 1 aliphatic heterocycles. The maximum absolute atomic E-state index is 14.7. The number of H-pyrrole nitrogens is 1. The summed E-state index contributed by atoms with van der Waals surface area (Å²) < 4.78 is 14.7. The van der Waals surface area contributed by atoms with E-state index in [-0.39, 0.29) is 42.7 Å². The van der Waals surface area contributed by atoms with E-state index in [0.29, 0.717) is 40.9 Å². The quantitative estimate of drug-likeness (QED) is 0.366. The van der Waals surface area contributed by atoms with Gasteiger partial charge in [-0.15, -0.1) is 0 Å². The molecular formula is C23H24Cl2FN5O3. The van der Waals surface area contributed by atoms with Gasteiger partial charge in [-0.25, -0.2) is 9.37 Å². The molecule has 1 amide bonds. The maximum Gasteiger partial charge on any atom is 0.258 e. The smallest absolute Gasteiger partial charge is 0.258 e. The van der Waals surface area contributed by atoms with Gasteiger partial charge in [0, 0.05) is 23.1 Å². The number of rotatable bonds is 7. The number of carbonyl (C=O) groups excluding carboxylic acids is 1. The van der Waals surface area contributed by atoms with Crippen molar-refractivity contribution in [2.45, 2.75) is 25.9 Å². The van der Waals surface area contributed by atoms with Gasteiger partial charge in [-0.2, -0.15) is 0 Å². The minimum absolute atomic E-state index is 0.0493. The second-order valence-corrected chi connectivity index (χ2v) is 8.93. The third-order valence-electron chi connectivity index (χ3n) is 5.86. The standard InChI is InChI=1S/C23H24Cl2FN5O3/c1-12-22-13(6-14(24)7-16(22)25)2-4-31(12)21(33)11-28-19-9-18-15(8-17(19)26)23(34)30-20(29-18)10-27-3-5-32/h6-9,12,27-28,32H,2-5,10-11H2,1H3,(H,29,30,34). The van der Waals surface area contributed by atoms with Crippen LogP contribution in [0.1, 0.15) is 29.9 Å². The molecule has 0 aliphatic carbocycles. The number of aromatic amines is 1. The number of halogens is 3. The minimum atomic E-state index is -0.659. The van der Waals surface area contributed by atoms with Crippen LogP contribution in [-0.2, 0) is 17.8 Å². The van der Waals surface area contributed by atoms with Gasteiger partial charge in [0.05, 0.1) is 42.3 Å². The van der Waals surface area contributed by atoms with Crippen molar-refractivity contribution in [1.29, 1.82) is 0 Å². The number of aromatic nitrogens is 2. The Morgan fingerprint density at radius 1 is 1.32 bits per heavy atom. The lowest BCUT2D eigenvalue weighted by atomic mass is 9.93. The van der Waals surface area contributed by atoms with Crippen molar-refractivity contribution in [3.05, 3.63) is 67.4 Å². The zero-order valence-corrected chi connectivity index (χ0v) is 19.9. The molecule has 4 N–H and O–H groups in total. The Morgan fingerprint density at radius 2 is 2.12 bits per heavy atom. The average Bonchev–Trinajstić information content (AvgIpc) is 2.78. The van der Waals surface area contributed by atoms with Crippen LogP contribution >= 0.6 is 23.2 Å². The summed E-state index contributed by atoms with van der Waals surface area (Å²) >= 11 is 12.5. The molecule has 0 fully saturated rings. The van der Waals surface area contributed by atoms with Crippen molar-refractivity contribution in [1.82, 2.24) is 20.2 Å². The highest BCUT2D eigenvalue weighted by molar-refractivity contribution is 6.35. The van der Waals surface area contributed by atoms with E-state index in [1.165, 1.54) is 6.07 Å². The first-order valence-corrected chi connectivity index (χ1v) is 11.6. The Balaban J connectivity index is 1.50. The molecule has 0 saturated carbocycles. The Hall–Kier alpha value is -2.72. The van der Waals surface area contributed by atoms with Crippen molar-refractivity contribution in [3.8, 4) is 0 Å². The molecule has 0 spiro atoms. The van der Waals surface area contributed by atoms with Crippen molar-refractivity contribution in [2.75, 3.05) is 31.6 Å². The molecule has 1 unspecified atom stereocenters. The summed E-state index contributed by atoms with van der Waals surface area (Å²) in [5, 5.41) is 15.8. The topological polar surface area (TPSA) is 110 Å². The predicted octanol–water partition coefficient (Wildman–Crippen LogP) is 3.01. The molecular weight excluding hydrogens is 484 g/mol. The number of hydrogen-bond acceptors (Lipinski definition) is 6. The number of hydrogen-bond donors (Lipinski definition) is 4. The summed E-state index contributed by atoms with van der Waals surface area (Å²) in [4.78, 5) is 33.9. The highest BCUT2D eigenvalue weighted by atomic mass is 35.5. The molecule has 0 saturated heterocycles. The summed E-state index contributed by atoms with van der Waals surface area (Å²) in [6.07, 6.45) is 0.621. The number of nitrogens with one attached hydrogen (secondary N) is 3. The zero-order chi connectivity index (χ0) is 24.4. The van der Waals surface area contributed by atoms with Gasteiger partial charge < -0.3 is 25.6 Å².